The molecule has 2 aromatic rings. The average molecular weight is 321 g/mol. The van der Waals surface area contributed by atoms with Gasteiger partial charge in [-0.1, -0.05) is 23.4 Å². The number of carbonyl (C=O) groups excluding carboxylic acids is 1. The van der Waals surface area contributed by atoms with Gasteiger partial charge in [0.05, 0.1) is 23.5 Å². The molecule has 0 aliphatic heterocycles. The monoisotopic (exact) mass is 320 g/mol. The normalized spacial score (nSPS) is 9.86. The van der Waals surface area contributed by atoms with Gasteiger partial charge in [0.2, 0.25) is 0 Å². The van der Waals surface area contributed by atoms with Crippen molar-refractivity contribution in [3.63, 3.8) is 0 Å². The van der Waals surface area contributed by atoms with Crippen LogP contribution in [0, 0.1) is 18.8 Å². The van der Waals surface area contributed by atoms with Crippen molar-refractivity contribution in [3.8, 4) is 11.8 Å². The lowest BCUT2D eigenvalue weighted by Gasteiger charge is -2.07. The Morgan fingerprint density at radius 2 is 2.33 bits per heavy atom. The number of carbonyl (C=O) groups is 1. The van der Waals surface area contributed by atoms with Gasteiger partial charge in [0.1, 0.15) is 4.88 Å². The second-order valence-electron chi connectivity index (χ2n) is 4.19. The van der Waals surface area contributed by atoms with Gasteiger partial charge in [0.15, 0.2) is 0 Å². The van der Waals surface area contributed by atoms with Crippen LogP contribution in [-0.4, -0.2) is 22.6 Å². The van der Waals surface area contributed by atoms with Crippen molar-refractivity contribution < 1.29 is 9.90 Å². The standard InChI is InChI=1S/C15H13ClN2O2S/c1-10-14(21-9-17-10)15(20)18-13-6-5-12(16)8-11(13)4-2-3-7-19/h5-6,8-9,19H,3,7H2,1H3,(H,18,20). The number of aliphatic hydroxyl groups is 1. The van der Waals surface area contributed by atoms with Gasteiger partial charge in [-0.3, -0.25) is 4.79 Å². The molecule has 2 rings (SSSR count). The van der Waals surface area contributed by atoms with Crippen LogP contribution in [-0.2, 0) is 0 Å². The van der Waals surface area contributed by atoms with Crippen LogP contribution >= 0.6 is 22.9 Å². The first-order chi connectivity index (χ1) is 10.1. The third-order valence-corrected chi connectivity index (χ3v) is 3.80. The number of thiazole rings is 1. The number of halogens is 1. The zero-order valence-electron chi connectivity index (χ0n) is 11.3. The molecule has 0 unspecified atom stereocenters. The maximum Gasteiger partial charge on any atom is 0.267 e. The van der Waals surface area contributed by atoms with E-state index in [9.17, 15) is 4.79 Å². The molecule has 0 bridgehead atoms. The van der Waals surface area contributed by atoms with Gasteiger partial charge < -0.3 is 10.4 Å². The average Bonchev–Trinajstić information content (AvgIpc) is 2.88. The number of aliphatic hydroxyl groups excluding tert-OH is 1. The van der Waals surface area contributed by atoms with Crippen molar-refractivity contribution in [2.75, 3.05) is 11.9 Å². The molecular weight excluding hydrogens is 308 g/mol. The topological polar surface area (TPSA) is 62.2 Å². The minimum Gasteiger partial charge on any atom is -0.395 e. The Balaban J connectivity index is 2.26. The summed E-state index contributed by atoms with van der Waals surface area (Å²) in [6, 6.07) is 5.08. The summed E-state index contributed by atoms with van der Waals surface area (Å²) >= 11 is 7.24. The van der Waals surface area contributed by atoms with Crippen LogP contribution < -0.4 is 5.32 Å². The van der Waals surface area contributed by atoms with Crippen molar-refractivity contribution in [1.29, 1.82) is 0 Å². The Morgan fingerprint density at radius 1 is 1.52 bits per heavy atom. The Labute approximate surface area is 131 Å². The van der Waals surface area contributed by atoms with E-state index in [-0.39, 0.29) is 12.5 Å². The predicted molar refractivity (Wildman–Crippen MR) is 84.8 cm³/mol. The number of nitrogens with zero attached hydrogens (tertiary/aromatic N) is 1. The van der Waals surface area contributed by atoms with Gasteiger partial charge >= 0.3 is 0 Å². The van der Waals surface area contributed by atoms with Crippen molar-refractivity contribution in [1.82, 2.24) is 4.98 Å². The van der Waals surface area contributed by atoms with Gasteiger partial charge in [-0.05, 0) is 25.1 Å². The van der Waals surface area contributed by atoms with Gasteiger partial charge in [-0.15, -0.1) is 11.3 Å². The van der Waals surface area contributed by atoms with E-state index in [2.05, 4.69) is 22.1 Å². The maximum absolute atomic E-state index is 12.2. The smallest absolute Gasteiger partial charge is 0.267 e. The molecule has 1 aromatic heterocycles. The SMILES string of the molecule is Cc1ncsc1C(=O)Nc1ccc(Cl)cc1C#CCCO. The van der Waals surface area contributed by atoms with Crippen molar-refractivity contribution in [2.24, 2.45) is 0 Å². The molecule has 0 saturated carbocycles. The predicted octanol–water partition coefficient (Wildman–Crippen LogP) is 3.09. The first-order valence-electron chi connectivity index (χ1n) is 6.22. The molecule has 1 aromatic carbocycles. The number of rotatable bonds is 3. The summed E-state index contributed by atoms with van der Waals surface area (Å²) in [5, 5.41) is 12.1. The molecule has 108 valence electrons. The molecule has 0 aliphatic carbocycles. The van der Waals surface area contributed by atoms with Gasteiger partial charge in [-0.25, -0.2) is 4.98 Å². The molecule has 0 saturated heterocycles. The Kier molecular flexibility index (Phi) is 5.34. The first kappa shape index (κ1) is 15.5. The minimum absolute atomic E-state index is 0.00465. The lowest BCUT2D eigenvalue weighted by atomic mass is 10.1. The van der Waals surface area contributed by atoms with Crippen LogP contribution in [0.1, 0.15) is 27.3 Å². The number of amides is 1. The third kappa shape index (κ3) is 4.05. The number of aryl methyl sites for hydroxylation is 1. The number of hydrogen-bond donors (Lipinski definition) is 2. The van der Waals surface area contributed by atoms with E-state index in [0.29, 0.717) is 33.3 Å². The molecule has 0 fully saturated rings. The fraction of sp³-hybridized carbons (Fsp3) is 0.200. The molecule has 0 spiro atoms. The summed E-state index contributed by atoms with van der Waals surface area (Å²) < 4.78 is 0. The Bertz CT molecular complexity index is 716. The van der Waals surface area contributed by atoms with Crippen LogP contribution in [0.3, 0.4) is 0 Å². The van der Waals surface area contributed by atoms with Crippen LogP contribution in [0.2, 0.25) is 5.02 Å². The van der Waals surface area contributed by atoms with E-state index < -0.39 is 0 Å². The van der Waals surface area contributed by atoms with E-state index in [1.54, 1.807) is 30.6 Å². The molecule has 21 heavy (non-hydrogen) atoms. The molecule has 4 nitrogen and oxygen atoms in total. The number of aromatic nitrogens is 1. The third-order valence-electron chi connectivity index (χ3n) is 2.64. The molecule has 1 amide bonds. The highest BCUT2D eigenvalue weighted by atomic mass is 35.5. The summed E-state index contributed by atoms with van der Waals surface area (Å²) in [4.78, 5) is 16.8. The molecule has 0 aliphatic rings. The second-order valence-corrected chi connectivity index (χ2v) is 5.48. The molecule has 0 radical (unpaired) electrons. The first-order valence-corrected chi connectivity index (χ1v) is 7.48. The largest absolute Gasteiger partial charge is 0.395 e. The summed E-state index contributed by atoms with van der Waals surface area (Å²) in [6.45, 7) is 1.78. The van der Waals surface area contributed by atoms with Crippen LogP contribution in [0.25, 0.3) is 0 Å². The Morgan fingerprint density at radius 3 is 3.00 bits per heavy atom. The molecule has 1 heterocycles. The minimum atomic E-state index is -0.220. The number of hydrogen-bond acceptors (Lipinski definition) is 4. The summed E-state index contributed by atoms with van der Waals surface area (Å²) in [5.74, 6) is 5.50. The second kappa shape index (κ2) is 7.23. The zero-order valence-corrected chi connectivity index (χ0v) is 12.9. The van der Waals surface area contributed by atoms with E-state index in [4.69, 9.17) is 16.7 Å². The number of benzene rings is 1. The van der Waals surface area contributed by atoms with Crippen molar-refractivity contribution >= 4 is 34.5 Å². The maximum atomic E-state index is 12.2. The summed E-state index contributed by atoms with van der Waals surface area (Å²) in [6.07, 6.45) is 0.369. The fourth-order valence-electron chi connectivity index (χ4n) is 1.64. The van der Waals surface area contributed by atoms with E-state index in [0.717, 1.165) is 0 Å². The highest BCUT2D eigenvalue weighted by Gasteiger charge is 2.13. The highest BCUT2D eigenvalue weighted by Crippen LogP contribution is 2.22. The zero-order chi connectivity index (χ0) is 15.2. The molecule has 0 atom stereocenters. The van der Waals surface area contributed by atoms with Gasteiger partial charge in [0, 0.05) is 17.0 Å². The number of nitrogens with one attached hydrogen (secondary N) is 1. The molecule has 6 heteroatoms. The lowest BCUT2D eigenvalue weighted by Crippen LogP contribution is -2.12. The van der Waals surface area contributed by atoms with Crippen molar-refractivity contribution in [2.45, 2.75) is 13.3 Å². The van der Waals surface area contributed by atoms with Crippen LogP contribution in [0.4, 0.5) is 5.69 Å². The Hall–Kier alpha value is -1.87. The lowest BCUT2D eigenvalue weighted by molar-refractivity contribution is 0.103. The van der Waals surface area contributed by atoms with Crippen molar-refractivity contribution in [3.05, 3.63) is 44.9 Å². The highest BCUT2D eigenvalue weighted by molar-refractivity contribution is 7.12. The fourth-order valence-corrected chi connectivity index (χ4v) is 2.51. The van der Waals surface area contributed by atoms with E-state index in [1.165, 1.54) is 11.3 Å². The quantitative estimate of drug-likeness (QED) is 0.854. The molecular formula is C15H13ClN2O2S. The van der Waals surface area contributed by atoms with Gasteiger partial charge in [-0.2, -0.15) is 0 Å². The molecule has 2 N–H and O–H groups in total. The van der Waals surface area contributed by atoms with E-state index in [1.807, 2.05) is 0 Å². The number of anilines is 1. The van der Waals surface area contributed by atoms with Crippen LogP contribution in [0.15, 0.2) is 23.7 Å². The summed E-state index contributed by atoms with van der Waals surface area (Å²) in [5.41, 5.74) is 3.53. The van der Waals surface area contributed by atoms with Crippen LogP contribution in [0.5, 0.6) is 0 Å². The van der Waals surface area contributed by atoms with E-state index >= 15 is 0 Å². The summed E-state index contributed by atoms with van der Waals surface area (Å²) in [7, 11) is 0. The van der Waals surface area contributed by atoms with Gasteiger partial charge in [0.25, 0.3) is 5.91 Å².